The maximum atomic E-state index is 9.96. The standard InChI is InChI=1S/C12H26N2O2/c1-3-4-12(2,15)11-13-5-6-14-7-9-16-10-8-14/h13,15H,3-11H2,1-2H3. The van der Waals surface area contributed by atoms with E-state index in [4.69, 9.17) is 4.74 Å². The molecule has 0 aliphatic carbocycles. The van der Waals surface area contributed by atoms with E-state index in [-0.39, 0.29) is 0 Å². The Labute approximate surface area is 99.0 Å². The molecular weight excluding hydrogens is 204 g/mol. The van der Waals surface area contributed by atoms with Crippen LogP contribution in [0.25, 0.3) is 0 Å². The number of nitrogens with zero attached hydrogens (tertiary/aromatic N) is 1. The minimum absolute atomic E-state index is 0.556. The zero-order valence-electron chi connectivity index (χ0n) is 10.7. The van der Waals surface area contributed by atoms with Gasteiger partial charge in [0.15, 0.2) is 0 Å². The predicted octanol–water partition coefficient (Wildman–Crippen LogP) is 0.459. The van der Waals surface area contributed by atoms with Gasteiger partial charge in [0.1, 0.15) is 0 Å². The van der Waals surface area contributed by atoms with E-state index < -0.39 is 5.60 Å². The molecule has 1 aliphatic rings. The number of aliphatic hydroxyl groups is 1. The number of rotatable bonds is 7. The van der Waals surface area contributed by atoms with Crippen molar-refractivity contribution in [2.75, 3.05) is 45.9 Å². The van der Waals surface area contributed by atoms with Gasteiger partial charge in [0, 0.05) is 32.7 Å². The Bertz CT molecular complexity index is 180. The van der Waals surface area contributed by atoms with E-state index >= 15 is 0 Å². The average Bonchev–Trinajstić information content (AvgIpc) is 2.26. The second-order valence-electron chi connectivity index (χ2n) is 4.88. The van der Waals surface area contributed by atoms with Crippen LogP contribution in [0.5, 0.6) is 0 Å². The zero-order valence-corrected chi connectivity index (χ0v) is 10.7. The van der Waals surface area contributed by atoms with Crippen molar-refractivity contribution >= 4 is 0 Å². The van der Waals surface area contributed by atoms with Crippen molar-refractivity contribution in [1.82, 2.24) is 10.2 Å². The first-order valence-electron chi connectivity index (χ1n) is 6.37. The van der Waals surface area contributed by atoms with Gasteiger partial charge in [-0.2, -0.15) is 0 Å². The highest BCUT2D eigenvalue weighted by atomic mass is 16.5. The van der Waals surface area contributed by atoms with Gasteiger partial charge in [-0.25, -0.2) is 0 Å². The molecule has 1 atom stereocenters. The molecule has 2 N–H and O–H groups in total. The van der Waals surface area contributed by atoms with Crippen molar-refractivity contribution in [2.24, 2.45) is 0 Å². The van der Waals surface area contributed by atoms with Gasteiger partial charge in [-0.3, -0.25) is 4.90 Å². The number of morpholine rings is 1. The monoisotopic (exact) mass is 230 g/mol. The Morgan fingerprint density at radius 3 is 2.69 bits per heavy atom. The quantitative estimate of drug-likeness (QED) is 0.624. The van der Waals surface area contributed by atoms with Crippen LogP contribution in [0.15, 0.2) is 0 Å². The average molecular weight is 230 g/mol. The van der Waals surface area contributed by atoms with Crippen LogP contribution in [0.1, 0.15) is 26.7 Å². The molecule has 0 radical (unpaired) electrons. The van der Waals surface area contributed by atoms with Crippen molar-refractivity contribution in [3.8, 4) is 0 Å². The summed E-state index contributed by atoms with van der Waals surface area (Å²) in [6, 6.07) is 0. The molecule has 4 nitrogen and oxygen atoms in total. The Kier molecular flexibility index (Phi) is 6.28. The van der Waals surface area contributed by atoms with E-state index in [0.29, 0.717) is 6.54 Å². The minimum Gasteiger partial charge on any atom is -0.389 e. The van der Waals surface area contributed by atoms with Gasteiger partial charge in [-0.15, -0.1) is 0 Å². The molecule has 1 fully saturated rings. The third-order valence-corrected chi connectivity index (χ3v) is 3.00. The summed E-state index contributed by atoms with van der Waals surface area (Å²) in [6.45, 7) is 10.5. The fraction of sp³-hybridized carbons (Fsp3) is 1.00. The minimum atomic E-state index is -0.556. The molecule has 0 saturated carbocycles. The second kappa shape index (κ2) is 7.22. The molecule has 0 spiro atoms. The van der Waals surface area contributed by atoms with Crippen molar-refractivity contribution in [1.29, 1.82) is 0 Å². The number of nitrogens with one attached hydrogen (secondary N) is 1. The van der Waals surface area contributed by atoms with E-state index in [1.165, 1.54) is 0 Å². The molecule has 0 aromatic carbocycles. The summed E-state index contributed by atoms with van der Waals surface area (Å²) in [6.07, 6.45) is 1.88. The molecule has 1 saturated heterocycles. The van der Waals surface area contributed by atoms with Crippen LogP contribution in [-0.2, 0) is 4.74 Å². The summed E-state index contributed by atoms with van der Waals surface area (Å²) >= 11 is 0. The number of hydrogen-bond donors (Lipinski definition) is 2. The molecule has 1 unspecified atom stereocenters. The maximum absolute atomic E-state index is 9.96. The van der Waals surface area contributed by atoms with Gasteiger partial charge in [0.05, 0.1) is 18.8 Å². The SMILES string of the molecule is CCCC(C)(O)CNCCN1CCOCC1. The number of hydrogen-bond acceptors (Lipinski definition) is 4. The fourth-order valence-corrected chi connectivity index (χ4v) is 2.05. The van der Waals surface area contributed by atoms with Crippen LogP contribution in [0, 0.1) is 0 Å². The third-order valence-electron chi connectivity index (χ3n) is 3.00. The first kappa shape index (κ1) is 13.9. The summed E-state index contributed by atoms with van der Waals surface area (Å²) in [5.74, 6) is 0. The van der Waals surface area contributed by atoms with Gasteiger partial charge in [-0.05, 0) is 13.3 Å². The van der Waals surface area contributed by atoms with Crippen LogP contribution in [0.2, 0.25) is 0 Å². The van der Waals surface area contributed by atoms with Crippen molar-refractivity contribution in [3.63, 3.8) is 0 Å². The summed E-state index contributed by atoms with van der Waals surface area (Å²) in [4.78, 5) is 2.39. The van der Waals surface area contributed by atoms with Crippen LogP contribution < -0.4 is 5.32 Å². The maximum Gasteiger partial charge on any atom is 0.0743 e. The summed E-state index contributed by atoms with van der Waals surface area (Å²) in [5.41, 5.74) is -0.556. The van der Waals surface area contributed by atoms with E-state index in [1.54, 1.807) is 0 Å². The lowest BCUT2D eigenvalue weighted by molar-refractivity contribution is 0.0334. The van der Waals surface area contributed by atoms with Crippen molar-refractivity contribution < 1.29 is 9.84 Å². The Morgan fingerprint density at radius 1 is 1.38 bits per heavy atom. The highest BCUT2D eigenvalue weighted by molar-refractivity contribution is 4.75. The third kappa shape index (κ3) is 5.80. The molecule has 96 valence electrons. The lowest BCUT2D eigenvalue weighted by Gasteiger charge is -2.28. The Hall–Kier alpha value is -0.160. The largest absolute Gasteiger partial charge is 0.389 e. The summed E-state index contributed by atoms with van der Waals surface area (Å²) < 4.78 is 5.29. The molecule has 4 heteroatoms. The molecule has 0 aromatic heterocycles. The van der Waals surface area contributed by atoms with Gasteiger partial charge in [-0.1, -0.05) is 13.3 Å². The van der Waals surface area contributed by atoms with Crippen LogP contribution in [-0.4, -0.2) is 61.5 Å². The van der Waals surface area contributed by atoms with E-state index in [0.717, 1.165) is 52.2 Å². The Morgan fingerprint density at radius 2 is 2.06 bits per heavy atom. The van der Waals surface area contributed by atoms with E-state index in [9.17, 15) is 5.11 Å². The fourth-order valence-electron chi connectivity index (χ4n) is 2.05. The lowest BCUT2D eigenvalue weighted by Crippen LogP contribution is -2.43. The molecule has 0 aromatic rings. The molecule has 1 rings (SSSR count). The molecule has 0 bridgehead atoms. The molecular formula is C12H26N2O2. The topological polar surface area (TPSA) is 44.7 Å². The molecule has 1 heterocycles. The normalized spacial score (nSPS) is 21.9. The van der Waals surface area contributed by atoms with Gasteiger partial charge >= 0.3 is 0 Å². The van der Waals surface area contributed by atoms with Gasteiger partial charge in [0.25, 0.3) is 0 Å². The molecule has 16 heavy (non-hydrogen) atoms. The van der Waals surface area contributed by atoms with Gasteiger partial charge in [0.2, 0.25) is 0 Å². The zero-order chi connectivity index (χ0) is 11.9. The highest BCUT2D eigenvalue weighted by Gasteiger charge is 2.18. The van der Waals surface area contributed by atoms with E-state index in [1.807, 2.05) is 6.92 Å². The highest BCUT2D eigenvalue weighted by Crippen LogP contribution is 2.09. The first-order chi connectivity index (χ1) is 7.64. The predicted molar refractivity (Wildman–Crippen MR) is 65.7 cm³/mol. The van der Waals surface area contributed by atoms with Crippen molar-refractivity contribution in [3.05, 3.63) is 0 Å². The second-order valence-corrected chi connectivity index (χ2v) is 4.88. The van der Waals surface area contributed by atoms with Crippen LogP contribution in [0.4, 0.5) is 0 Å². The molecule has 0 amide bonds. The summed E-state index contributed by atoms with van der Waals surface area (Å²) in [7, 11) is 0. The van der Waals surface area contributed by atoms with Gasteiger partial charge < -0.3 is 15.2 Å². The van der Waals surface area contributed by atoms with Crippen LogP contribution >= 0.6 is 0 Å². The Balaban J connectivity index is 2.02. The van der Waals surface area contributed by atoms with Crippen LogP contribution in [0.3, 0.4) is 0 Å². The lowest BCUT2D eigenvalue weighted by atomic mass is 10.0. The molecule has 1 aliphatic heterocycles. The summed E-state index contributed by atoms with van der Waals surface area (Å²) in [5, 5.41) is 13.3. The first-order valence-corrected chi connectivity index (χ1v) is 6.37. The van der Waals surface area contributed by atoms with Crippen molar-refractivity contribution in [2.45, 2.75) is 32.3 Å². The van der Waals surface area contributed by atoms with E-state index in [2.05, 4.69) is 17.1 Å². The smallest absolute Gasteiger partial charge is 0.0743 e. The number of ether oxygens (including phenoxy) is 1.